The van der Waals surface area contributed by atoms with E-state index >= 15 is 0 Å². The molecular weight excluding hydrogens is 457 g/mol. The fourth-order valence-electron chi connectivity index (χ4n) is 2.43. The summed E-state index contributed by atoms with van der Waals surface area (Å²) in [5, 5.41) is 7.87. The number of thioether (sulfide) groups is 1. The normalized spacial score (nSPS) is 12.8. The zero-order chi connectivity index (χ0) is 20.5. The Morgan fingerprint density at radius 3 is 2.54 bits per heavy atom. The molecule has 5 nitrogen and oxygen atoms in total. The third-order valence-electron chi connectivity index (χ3n) is 3.86. The molecule has 2 aromatic carbocycles. The Bertz CT molecular complexity index is 1020. The van der Waals surface area contributed by atoms with Gasteiger partial charge in [0, 0.05) is 10.0 Å². The number of carbonyl (C=O) groups excluding carboxylic acids is 1. The lowest BCUT2D eigenvalue weighted by Gasteiger charge is -2.14. The number of nitrogens with two attached hydrogens (primary N) is 1. The van der Waals surface area contributed by atoms with E-state index in [1.807, 2.05) is 6.07 Å². The number of rotatable bonds is 5. The first-order valence-electron chi connectivity index (χ1n) is 8.02. The van der Waals surface area contributed by atoms with Gasteiger partial charge >= 0.3 is 6.18 Å². The maximum absolute atomic E-state index is 13.2. The topological polar surface area (TPSA) is 73.8 Å². The molecule has 28 heavy (non-hydrogen) atoms. The van der Waals surface area contributed by atoms with Crippen LogP contribution in [-0.4, -0.2) is 25.9 Å². The van der Waals surface area contributed by atoms with Crippen LogP contribution in [0.15, 0.2) is 58.2 Å². The van der Waals surface area contributed by atoms with E-state index in [9.17, 15) is 18.0 Å². The summed E-state index contributed by atoms with van der Waals surface area (Å²) in [7, 11) is 0. The van der Waals surface area contributed by atoms with Gasteiger partial charge in [-0.1, -0.05) is 52.0 Å². The highest BCUT2D eigenvalue weighted by Gasteiger charge is 2.31. The van der Waals surface area contributed by atoms with Crippen LogP contribution < -0.4 is 5.73 Å². The van der Waals surface area contributed by atoms with Crippen LogP contribution >= 0.6 is 27.7 Å². The molecular formula is C18H14BrF3N4OS. The number of nitrogens with zero attached hydrogens (tertiary/aromatic N) is 3. The molecule has 0 aliphatic rings. The van der Waals surface area contributed by atoms with E-state index in [1.165, 1.54) is 16.7 Å². The van der Waals surface area contributed by atoms with Crippen molar-refractivity contribution < 1.29 is 18.0 Å². The monoisotopic (exact) mass is 470 g/mol. The van der Waals surface area contributed by atoms with E-state index in [2.05, 4.69) is 26.1 Å². The van der Waals surface area contributed by atoms with Crippen LogP contribution in [0.25, 0.3) is 17.1 Å². The van der Waals surface area contributed by atoms with E-state index < -0.39 is 22.9 Å². The second-order valence-electron chi connectivity index (χ2n) is 5.83. The van der Waals surface area contributed by atoms with Gasteiger partial charge in [-0.05, 0) is 31.2 Å². The first-order chi connectivity index (χ1) is 13.2. The number of hydrogen-bond acceptors (Lipinski definition) is 4. The zero-order valence-electron chi connectivity index (χ0n) is 14.4. The number of alkyl halides is 3. The minimum atomic E-state index is -4.49. The number of hydrogen-bond donors (Lipinski definition) is 1. The lowest BCUT2D eigenvalue weighted by Crippen LogP contribution is -2.23. The number of aromatic nitrogens is 3. The highest BCUT2D eigenvalue weighted by atomic mass is 79.9. The molecule has 0 bridgehead atoms. The van der Waals surface area contributed by atoms with Crippen LogP contribution in [0.1, 0.15) is 12.5 Å². The molecule has 0 unspecified atom stereocenters. The van der Waals surface area contributed by atoms with Gasteiger partial charge in [0.2, 0.25) is 5.91 Å². The van der Waals surface area contributed by atoms with E-state index in [0.29, 0.717) is 15.9 Å². The summed E-state index contributed by atoms with van der Waals surface area (Å²) in [6.45, 7) is 1.59. The summed E-state index contributed by atoms with van der Waals surface area (Å²) in [6, 6.07) is 12.0. The summed E-state index contributed by atoms with van der Waals surface area (Å²) in [4.78, 5) is 11.5. The minimum Gasteiger partial charge on any atom is -0.369 e. The van der Waals surface area contributed by atoms with Crippen molar-refractivity contribution in [1.29, 1.82) is 0 Å². The van der Waals surface area contributed by atoms with Crippen molar-refractivity contribution in [2.45, 2.75) is 23.5 Å². The minimum absolute atomic E-state index is 0.227. The highest BCUT2D eigenvalue weighted by Crippen LogP contribution is 2.35. The van der Waals surface area contributed by atoms with Gasteiger partial charge in [0.05, 0.1) is 16.5 Å². The van der Waals surface area contributed by atoms with Gasteiger partial charge in [0.15, 0.2) is 11.0 Å². The third-order valence-corrected chi connectivity index (χ3v) is 5.62. The van der Waals surface area contributed by atoms with Gasteiger partial charge in [0.1, 0.15) is 0 Å². The van der Waals surface area contributed by atoms with Gasteiger partial charge < -0.3 is 5.73 Å². The maximum atomic E-state index is 13.2. The molecule has 0 aliphatic heterocycles. The first kappa shape index (κ1) is 20.4. The van der Waals surface area contributed by atoms with Gasteiger partial charge in [0.25, 0.3) is 0 Å². The van der Waals surface area contributed by atoms with Crippen molar-refractivity contribution in [2.75, 3.05) is 0 Å². The smallest absolute Gasteiger partial charge is 0.369 e. The summed E-state index contributed by atoms with van der Waals surface area (Å²) in [6.07, 6.45) is -4.49. The average Bonchev–Trinajstić information content (AvgIpc) is 3.04. The molecule has 1 atom stereocenters. The summed E-state index contributed by atoms with van der Waals surface area (Å²) in [5.74, 6) is -0.225. The molecule has 2 N–H and O–H groups in total. The molecule has 1 aromatic heterocycles. The molecule has 0 spiro atoms. The number of halogens is 4. The predicted molar refractivity (Wildman–Crippen MR) is 104 cm³/mol. The fraction of sp³-hybridized carbons (Fsp3) is 0.167. The van der Waals surface area contributed by atoms with Gasteiger partial charge in [-0.3, -0.25) is 9.36 Å². The number of primary amides is 1. The molecule has 0 saturated heterocycles. The fourth-order valence-corrected chi connectivity index (χ4v) is 3.71. The van der Waals surface area contributed by atoms with Crippen LogP contribution in [0, 0.1) is 0 Å². The lowest BCUT2D eigenvalue weighted by atomic mass is 10.1. The Morgan fingerprint density at radius 2 is 1.89 bits per heavy atom. The van der Waals surface area contributed by atoms with E-state index in [4.69, 9.17) is 5.73 Å². The quantitative estimate of drug-likeness (QED) is 0.549. The predicted octanol–water partition coefficient (Wildman–Crippen LogP) is 4.68. The molecule has 1 heterocycles. The standard InChI is InChI=1S/C18H14BrF3N4OS/c1-10(15(23)27)28-17-25-24-16(13-7-2-3-8-14(13)19)26(17)12-6-4-5-11(9-12)18(20,21)22/h2-10H,1H3,(H2,23,27)/t10-/m0/s1. The maximum Gasteiger partial charge on any atom is 0.416 e. The van der Waals surface area contributed by atoms with Crippen molar-refractivity contribution in [3.8, 4) is 17.1 Å². The molecule has 10 heteroatoms. The van der Waals surface area contributed by atoms with Crippen LogP contribution in [0.3, 0.4) is 0 Å². The van der Waals surface area contributed by atoms with Crippen molar-refractivity contribution in [3.05, 3.63) is 58.6 Å². The number of benzene rings is 2. The molecule has 0 aliphatic carbocycles. The highest BCUT2D eigenvalue weighted by molar-refractivity contribution is 9.10. The van der Waals surface area contributed by atoms with Crippen LogP contribution in [0.2, 0.25) is 0 Å². The van der Waals surface area contributed by atoms with E-state index in [-0.39, 0.29) is 10.8 Å². The van der Waals surface area contributed by atoms with E-state index in [1.54, 1.807) is 25.1 Å². The zero-order valence-corrected chi connectivity index (χ0v) is 16.8. The number of amides is 1. The Labute approximate surface area is 171 Å². The Morgan fingerprint density at radius 1 is 1.18 bits per heavy atom. The van der Waals surface area contributed by atoms with Crippen molar-refractivity contribution in [2.24, 2.45) is 5.73 Å². The summed E-state index contributed by atoms with van der Waals surface area (Å²) < 4.78 is 41.8. The van der Waals surface area contributed by atoms with E-state index in [0.717, 1.165) is 23.9 Å². The Hall–Kier alpha value is -2.33. The SMILES string of the molecule is C[C@H](Sc1nnc(-c2ccccc2Br)n1-c1cccc(C(F)(F)F)c1)C(N)=O. The molecule has 146 valence electrons. The second-order valence-corrected chi connectivity index (χ2v) is 7.99. The van der Waals surface area contributed by atoms with Gasteiger partial charge in [-0.15, -0.1) is 10.2 Å². The van der Waals surface area contributed by atoms with Crippen LogP contribution in [0.4, 0.5) is 13.2 Å². The summed E-state index contributed by atoms with van der Waals surface area (Å²) >= 11 is 4.45. The van der Waals surface area contributed by atoms with Crippen LogP contribution in [-0.2, 0) is 11.0 Å². The molecule has 1 amide bonds. The third kappa shape index (κ3) is 4.22. The molecule has 0 radical (unpaired) electrons. The van der Waals surface area contributed by atoms with Crippen molar-refractivity contribution >= 4 is 33.6 Å². The summed E-state index contributed by atoms with van der Waals surface area (Å²) in [5.41, 5.74) is 5.40. The lowest BCUT2D eigenvalue weighted by molar-refractivity contribution is -0.137. The van der Waals surface area contributed by atoms with Crippen molar-refractivity contribution in [3.63, 3.8) is 0 Å². The molecule has 0 fully saturated rings. The number of carbonyl (C=O) groups is 1. The van der Waals surface area contributed by atoms with Gasteiger partial charge in [-0.25, -0.2) is 0 Å². The average molecular weight is 471 g/mol. The van der Waals surface area contributed by atoms with Crippen LogP contribution in [0.5, 0.6) is 0 Å². The first-order valence-corrected chi connectivity index (χ1v) is 9.69. The largest absolute Gasteiger partial charge is 0.416 e. The van der Waals surface area contributed by atoms with Crippen molar-refractivity contribution in [1.82, 2.24) is 14.8 Å². The second kappa shape index (κ2) is 7.96. The Balaban J connectivity index is 2.20. The Kier molecular flexibility index (Phi) is 5.80. The molecule has 3 rings (SSSR count). The van der Waals surface area contributed by atoms with Gasteiger partial charge in [-0.2, -0.15) is 13.2 Å². The molecule has 3 aromatic rings. The molecule has 0 saturated carbocycles.